The second-order valence-corrected chi connectivity index (χ2v) is 4.89. The van der Waals surface area contributed by atoms with Crippen LogP contribution in [0, 0.1) is 17.8 Å². The van der Waals surface area contributed by atoms with Crippen molar-refractivity contribution < 1.29 is 14.4 Å². The lowest BCUT2D eigenvalue weighted by atomic mass is 9.94. The lowest BCUT2D eigenvalue weighted by Crippen LogP contribution is -2.42. The molecule has 1 fully saturated rings. The van der Waals surface area contributed by atoms with E-state index in [1.165, 1.54) is 4.90 Å². The fourth-order valence-electron chi connectivity index (χ4n) is 1.97. The van der Waals surface area contributed by atoms with Crippen molar-refractivity contribution in [1.82, 2.24) is 4.90 Å². The fraction of sp³-hybridized carbons (Fsp3) is 0.750. The van der Waals surface area contributed by atoms with Crippen LogP contribution in [-0.4, -0.2) is 29.0 Å². The molecule has 0 radical (unpaired) electrons. The minimum absolute atomic E-state index is 0.124. The maximum Gasteiger partial charge on any atom is 0.233 e. The van der Waals surface area contributed by atoms with E-state index in [1.807, 2.05) is 13.8 Å². The molecule has 4 heteroatoms. The highest BCUT2D eigenvalue weighted by Gasteiger charge is 2.43. The standard InChI is InChI=1S/C12H19NO3/c1-7(2)10-5-11(15)13(12(10)16)9(4)8(3)6-14/h6-10H,5H2,1-4H3. The molecule has 0 aromatic heterocycles. The van der Waals surface area contributed by atoms with Crippen LogP contribution < -0.4 is 0 Å². The molecule has 2 amide bonds. The lowest BCUT2D eigenvalue weighted by molar-refractivity contribution is -0.143. The maximum absolute atomic E-state index is 12.0. The monoisotopic (exact) mass is 225 g/mol. The summed E-state index contributed by atoms with van der Waals surface area (Å²) in [6.07, 6.45) is 1.07. The average molecular weight is 225 g/mol. The highest BCUT2D eigenvalue weighted by Crippen LogP contribution is 2.29. The molecular weight excluding hydrogens is 206 g/mol. The average Bonchev–Trinajstić information content (AvgIpc) is 2.52. The first-order chi connectivity index (χ1) is 7.40. The molecule has 0 spiro atoms. The molecule has 4 nitrogen and oxygen atoms in total. The fourth-order valence-corrected chi connectivity index (χ4v) is 1.97. The summed E-state index contributed by atoms with van der Waals surface area (Å²) in [5.41, 5.74) is 0. The van der Waals surface area contributed by atoms with Crippen molar-refractivity contribution in [2.75, 3.05) is 0 Å². The summed E-state index contributed by atoms with van der Waals surface area (Å²) < 4.78 is 0. The lowest BCUT2D eigenvalue weighted by Gasteiger charge is -2.25. The smallest absolute Gasteiger partial charge is 0.233 e. The van der Waals surface area contributed by atoms with Crippen molar-refractivity contribution in [3.8, 4) is 0 Å². The second kappa shape index (κ2) is 4.76. The van der Waals surface area contributed by atoms with Crippen molar-refractivity contribution in [3.63, 3.8) is 0 Å². The summed E-state index contributed by atoms with van der Waals surface area (Å²) in [5.74, 6) is -0.626. The molecule has 0 aromatic carbocycles. The Hall–Kier alpha value is -1.19. The Bertz CT molecular complexity index is 311. The van der Waals surface area contributed by atoms with Crippen molar-refractivity contribution in [3.05, 3.63) is 0 Å². The summed E-state index contributed by atoms with van der Waals surface area (Å²) in [6, 6.07) is -0.332. The van der Waals surface area contributed by atoms with Gasteiger partial charge in [0.25, 0.3) is 0 Å². The Kier molecular flexibility index (Phi) is 3.83. The van der Waals surface area contributed by atoms with Crippen LogP contribution >= 0.6 is 0 Å². The van der Waals surface area contributed by atoms with Gasteiger partial charge in [0.15, 0.2) is 0 Å². The van der Waals surface area contributed by atoms with Crippen LogP contribution in [0.15, 0.2) is 0 Å². The van der Waals surface area contributed by atoms with Crippen LogP contribution in [0.25, 0.3) is 0 Å². The number of carbonyl (C=O) groups excluding carboxylic acids is 3. The molecule has 1 rings (SSSR count). The van der Waals surface area contributed by atoms with Crippen molar-refractivity contribution in [1.29, 1.82) is 0 Å². The third-order valence-electron chi connectivity index (χ3n) is 3.41. The number of rotatable bonds is 4. The summed E-state index contributed by atoms with van der Waals surface area (Å²) in [7, 11) is 0. The van der Waals surface area contributed by atoms with E-state index in [9.17, 15) is 14.4 Å². The zero-order valence-electron chi connectivity index (χ0n) is 10.3. The van der Waals surface area contributed by atoms with E-state index in [4.69, 9.17) is 0 Å². The van der Waals surface area contributed by atoms with E-state index >= 15 is 0 Å². The van der Waals surface area contributed by atoms with Crippen LogP contribution in [0.1, 0.15) is 34.1 Å². The second-order valence-electron chi connectivity index (χ2n) is 4.89. The Labute approximate surface area is 96.0 Å². The van der Waals surface area contributed by atoms with E-state index in [0.29, 0.717) is 0 Å². The molecule has 1 aliphatic heterocycles. The number of nitrogens with zero attached hydrogens (tertiary/aromatic N) is 1. The predicted molar refractivity (Wildman–Crippen MR) is 59.5 cm³/mol. The quantitative estimate of drug-likeness (QED) is 0.534. The molecule has 0 aliphatic carbocycles. The number of carbonyl (C=O) groups is 3. The molecule has 90 valence electrons. The number of amides is 2. The summed E-state index contributed by atoms with van der Waals surface area (Å²) in [5, 5.41) is 0. The van der Waals surface area contributed by atoms with E-state index in [-0.39, 0.29) is 42.0 Å². The number of imide groups is 1. The largest absolute Gasteiger partial charge is 0.303 e. The minimum Gasteiger partial charge on any atom is -0.303 e. The van der Waals surface area contributed by atoms with Gasteiger partial charge in [0.2, 0.25) is 11.8 Å². The van der Waals surface area contributed by atoms with Gasteiger partial charge < -0.3 is 4.79 Å². The molecule has 0 N–H and O–H groups in total. The third kappa shape index (κ3) is 2.15. The molecule has 16 heavy (non-hydrogen) atoms. The molecule has 3 unspecified atom stereocenters. The molecule has 1 heterocycles. The number of hydrogen-bond acceptors (Lipinski definition) is 3. The van der Waals surface area contributed by atoms with Gasteiger partial charge in [-0.25, -0.2) is 0 Å². The van der Waals surface area contributed by atoms with Crippen LogP contribution in [0.4, 0.5) is 0 Å². The molecular formula is C12H19NO3. The van der Waals surface area contributed by atoms with Gasteiger partial charge in [0.1, 0.15) is 6.29 Å². The number of hydrogen-bond donors (Lipinski definition) is 0. The Morgan fingerprint density at radius 3 is 2.19 bits per heavy atom. The van der Waals surface area contributed by atoms with Gasteiger partial charge in [-0.3, -0.25) is 14.5 Å². The first kappa shape index (κ1) is 12.9. The molecule has 3 atom stereocenters. The van der Waals surface area contributed by atoms with Crippen LogP contribution in [0.3, 0.4) is 0 Å². The SMILES string of the molecule is CC(C)C1CC(=O)N(C(C)C(C)C=O)C1=O. The summed E-state index contributed by atoms with van der Waals surface area (Å²) in [4.78, 5) is 35.7. The zero-order chi connectivity index (χ0) is 12.5. The van der Waals surface area contributed by atoms with Crippen molar-refractivity contribution >= 4 is 18.1 Å². The predicted octanol–water partition coefficient (Wildman–Crippen LogP) is 1.24. The summed E-state index contributed by atoms with van der Waals surface area (Å²) >= 11 is 0. The van der Waals surface area contributed by atoms with Crippen molar-refractivity contribution in [2.24, 2.45) is 17.8 Å². The van der Waals surface area contributed by atoms with E-state index in [0.717, 1.165) is 6.29 Å². The maximum atomic E-state index is 12.0. The van der Waals surface area contributed by atoms with Gasteiger partial charge >= 0.3 is 0 Å². The molecule has 0 bridgehead atoms. The Balaban J connectivity index is 2.86. The highest BCUT2D eigenvalue weighted by atomic mass is 16.2. The topological polar surface area (TPSA) is 54.5 Å². The summed E-state index contributed by atoms with van der Waals surface area (Å²) in [6.45, 7) is 7.35. The molecule has 0 saturated carbocycles. The van der Waals surface area contributed by atoms with Gasteiger partial charge in [-0.2, -0.15) is 0 Å². The normalized spacial score (nSPS) is 25.1. The van der Waals surface area contributed by atoms with E-state index < -0.39 is 0 Å². The van der Waals surface area contributed by atoms with Crippen LogP contribution in [-0.2, 0) is 14.4 Å². The van der Waals surface area contributed by atoms with Gasteiger partial charge in [-0.15, -0.1) is 0 Å². The number of aldehydes is 1. The zero-order valence-corrected chi connectivity index (χ0v) is 10.3. The minimum atomic E-state index is -0.332. The first-order valence-electron chi connectivity index (χ1n) is 5.71. The third-order valence-corrected chi connectivity index (χ3v) is 3.41. The van der Waals surface area contributed by atoms with Gasteiger partial charge in [-0.1, -0.05) is 20.8 Å². The first-order valence-corrected chi connectivity index (χ1v) is 5.71. The van der Waals surface area contributed by atoms with Gasteiger partial charge in [0.05, 0.1) is 0 Å². The Morgan fingerprint density at radius 1 is 1.25 bits per heavy atom. The van der Waals surface area contributed by atoms with Gasteiger partial charge in [-0.05, 0) is 12.8 Å². The van der Waals surface area contributed by atoms with Crippen molar-refractivity contribution in [2.45, 2.75) is 40.2 Å². The highest BCUT2D eigenvalue weighted by molar-refractivity contribution is 6.04. The number of likely N-dealkylation sites (tertiary alicyclic amines) is 1. The van der Waals surface area contributed by atoms with E-state index in [1.54, 1.807) is 13.8 Å². The molecule has 1 aliphatic rings. The molecule has 0 aromatic rings. The van der Waals surface area contributed by atoms with Crippen LogP contribution in [0.2, 0.25) is 0 Å². The van der Waals surface area contributed by atoms with E-state index in [2.05, 4.69) is 0 Å². The van der Waals surface area contributed by atoms with Gasteiger partial charge in [0, 0.05) is 24.3 Å². The Morgan fingerprint density at radius 2 is 1.81 bits per heavy atom. The van der Waals surface area contributed by atoms with Crippen LogP contribution in [0.5, 0.6) is 0 Å². The molecule has 1 saturated heterocycles.